The summed E-state index contributed by atoms with van der Waals surface area (Å²) in [7, 11) is 0. The van der Waals surface area contributed by atoms with Gasteiger partial charge in [-0.2, -0.15) is 0 Å². The van der Waals surface area contributed by atoms with E-state index in [4.69, 9.17) is 4.74 Å². The average Bonchev–Trinajstić information content (AvgIpc) is 2.28. The van der Waals surface area contributed by atoms with Crippen LogP contribution in [0.4, 0.5) is 0 Å². The zero-order chi connectivity index (χ0) is 13.2. The topological polar surface area (TPSA) is 29.5 Å². The normalized spacial score (nSPS) is 22.8. The standard InChI is InChI=1S/C15H21NO2/c1-12(17)16-14(10-18-11-15(16,2)3)9-13-7-5-4-6-8-13/h4-8,14H,9-11H2,1-3H3. The summed E-state index contributed by atoms with van der Waals surface area (Å²) in [5, 5.41) is 0. The van der Waals surface area contributed by atoms with Crippen molar-refractivity contribution in [1.82, 2.24) is 4.90 Å². The van der Waals surface area contributed by atoms with Crippen LogP contribution in [0.25, 0.3) is 0 Å². The first-order valence-electron chi connectivity index (χ1n) is 6.42. The SMILES string of the molecule is CC(=O)N1C(Cc2ccccc2)COCC1(C)C. The van der Waals surface area contributed by atoms with Gasteiger partial charge in [-0.1, -0.05) is 30.3 Å². The fraction of sp³-hybridized carbons (Fsp3) is 0.533. The van der Waals surface area contributed by atoms with Crippen LogP contribution in [0.1, 0.15) is 26.3 Å². The van der Waals surface area contributed by atoms with Gasteiger partial charge in [-0.3, -0.25) is 4.79 Å². The predicted molar refractivity (Wildman–Crippen MR) is 71.4 cm³/mol. The molecule has 18 heavy (non-hydrogen) atoms. The van der Waals surface area contributed by atoms with Crippen LogP contribution in [0, 0.1) is 0 Å². The Morgan fingerprint density at radius 2 is 2.06 bits per heavy atom. The Kier molecular flexibility index (Phi) is 3.71. The molecule has 0 radical (unpaired) electrons. The molecule has 0 spiro atoms. The molecule has 1 aliphatic rings. The van der Waals surface area contributed by atoms with Gasteiger partial charge in [-0.25, -0.2) is 0 Å². The second-order valence-electron chi connectivity index (χ2n) is 5.56. The smallest absolute Gasteiger partial charge is 0.220 e. The van der Waals surface area contributed by atoms with Crippen LogP contribution in [-0.4, -0.2) is 35.6 Å². The molecule has 98 valence electrons. The highest BCUT2D eigenvalue weighted by Gasteiger charge is 2.38. The minimum Gasteiger partial charge on any atom is -0.377 e. The molecule has 1 atom stereocenters. The second kappa shape index (κ2) is 5.11. The minimum atomic E-state index is -0.219. The summed E-state index contributed by atoms with van der Waals surface area (Å²) in [4.78, 5) is 13.9. The first-order valence-corrected chi connectivity index (χ1v) is 6.42. The number of carbonyl (C=O) groups excluding carboxylic acids is 1. The summed E-state index contributed by atoms with van der Waals surface area (Å²) in [6.45, 7) is 7.00. The summed E-state index contributed by atoms with van der Waals surface area (Å²) in [6.07, 6.45) is 0.851. The largest absolute Gasteiger partial charge is 0.377 e. The lowest BCUT2D eigenvalue weighted by molar-refractivity contribution is -0.152. The van der Waals surface area contributed by atoms with Gasteiger partial charge in [0.2, 0.25) is 5.91 Å². The van der Waals surface area contributed by atoms with E-state index in [9.17, 15) is 4.79 Å². The molecule has 0 bridgehead atoms. The van der Waals surface area contributed by atoms with Crippen molar-refractivity contribution >= 4 is 5.91 Å². The molecule has 3 heteroatoms. The summed E-state index contributed by atoms with van der Waals surface area (Å²) >= 11 is 0. The zero-order valence-corrected chi connectivity index (χ0v) is 11.3. The van der Waals surface area contributed by atoms with Crippen LogP contribution < -0.4 is 0 Å². The average molecular weight is 247 g/mol. The van der Waals surface area contributed by atoms with E-state index < -0.39 is 0 Å². The molecule has 1 aromatic rings. The molecule has 1 heterocycles. The molecule has 0 saturated carbocycles. The maximum atomic E-state index is 11.9. The number of amides is 1. The third-order valence-corrected chi connectivity index (χ3v) is 3.44. The molecular formula is C15H21NO2. The lowest BCUT2D eigenvalue weighted by Crippen LogP contribution is -2.60. The number of benzene rings is 1. The van der Waals surface area contributed by atoms with E-state index in [1.807, 2.05) is 23.1 Å². The summed E-state index contributed by atoms with van der Waals surface area (Å²) in [5.74, 6) is 0.129. The van der Waals surface area contributed by atoms with Gasteiger partial charge in [0, 0.05) is 6.92 Å². The van der Waals surface area contributed by atoms with Gasteiger partial charge >= 0.3 is 0 Å². The molecule has 2 rings (SSSR count). The number of hydrogen-bond acceptors (Lipinski definition) is 2. The van der Waals surface area contributed by atoms with Gasteiger partial charge in [0.15, 0.2) is 0 Å². The number of nitrogens with zero attached hydrogens (tertiary/aromatic N) is 1. The van der Waals surface area contributed by atoms with E-state index in [-0.39, 0.29) is 17.5 Å². The van der Waals surface area contributed by atoms with Crippen molar-refractivity contribution in [2.24, 2.45) is 0 Å². The van der Waals surface area contributed by atoms with E-state index in [2.05, 4.69) is 26.0 Å². The second-order valence-corrected chi connectivity index (χ2v) is 5.56. The van der Waals surface area contributed by atoms with E-state index >= 15 is 0 Å². The summed E-state index contributed by atoms with van der Waals surface area (Å²) in [5.41, 5.74) is 1.03. The van der Waals surface area contributed by atoms with Crippen LogP contribution in [0.5, 0.6) is 0 Å². The highest BCUT2D eigenvalue weighted by molar-refractivity contribution is 5.74. The minimum absolute atomic E-state index is 0.129. The molecule has 0 aromatic heterocycles. The van der Waals surface area contributed by atoms with Gasteiger partial charge < -0.3 is 9.64 Å². The van der Waals surface area contributed by atoms with Gasteiger partial charge in [0.1, 0.15) is 0 Å². The quantitative estimate of drug-likeness (QED) is 0.802. The Hall–Kier alpha value is -1.35. The molecule has 1 amide bonds. The highest BCUT2D eigenvalue weighted by Crippen LogP contribution is 2.25. The maximum Gasteiger partial charge on any atom is 0.220 e. The van der Waals surface area contributed by atoms with Crippen molar-refractivity contribution in [2.45, 2.75) is 38.8 Å². The van der Waals surface area contributed by atoms with E-state index in [0.29, 0.717) is 13.2 Å². The lowest BCUT2D eigenvalue weighted by Gasteiger charge is -2.47. The molecule has 1 fully saturated rings. The number of morpholine rings is 1. The molecule has 0 aliphatic carbocycles. The molecule has 1 aromatic carbocycles. The summed E-state index contributed by atoms with van der Waals surface area (Å²) in [6, 6.07) is 10.4. The van der Waals surface area contributed by atoms with Gasteiger partial charge in [0.25, 0.3) is 0 Å². The van der Waals surface area contributed by atoms with Crippen molar-refractivity contribution in [1.29, 1.82) is 0 Å². The number of carbonyl (C=O) groups is 1. The number of rotatable bonds is 2. The molecular weight excluding hydrogens is 226 g/mol. The number of hydrogen-bond donors (Lipinski definition) is 0. The monoisotopic (exact) mass is 247 g/mol. The fourth-order valence-electron chi connectivity index (χ4n) is 2.80. The maximum absolute atomic E-state index is 11.9. The Bertz CT molecular complexity index is 414. The van der Waals surface area contributed by atoms with Gasteiger partial charge in [-0.05, 0) is 25.8 Å². The van der Waals surface area contributed by atoms with Crippen molar-refractivity contribution in [3.05, 3.63) is 35.9 Å². The number of ether oxygens (including phenoxy) is 1. The first kappa shape index (κ1) is 13.1. The fourth-order valence-corrected chi connectivity index (χ4v) is 2.80. The Balaban J connectivity index is 2.17. The Labute approximate surface area is 109 Å². The van der Waals surface area contributed by atoms with Crippen molar-refractivity contribution in [2.75, 3.05) is 13.2 Å². The van der Waals surface area contributed by atoms with Crippen molar-refractivity contribution < 1.29 is 9.53 Å². The molecule has 1 saturated heterocycles. The third-order valence-electron chi connectivity index (χ3n) is 3.44. The molecule has 1 unspecified atom stereocenters. The summed E-state index contributed by atoms with van der Waals surface area (Å²) < 4.78 is 5.66. The molecule has 3 nitrogen and oxygen atoms in total. The van der Waals surface area contributed by atoms with Crippen LogP contribution >= 0.6 is 0 Å². The van der Waals surface area contributed by atoms with Crippen LogP contribution in [0.3, 0.4) is 0 Å². The van der Waals surface area contributed by atoms with Gasteiger partial charge in [0.05, 0.1) is 24.8 Å². The Morgan fingerprint density at radius 3 is 2.67 bits per heavy atom. The molecule has 1 aliphatic heterocycles. The molecule has 0 N–H and O–H groups in total. The van der Waals surface area contributed by atoms with Crippen molar-refractivity contribution in [3.63, 3.8) is 0 Å². The van der Waals surface area contributed by atoms with E-state index in [0.717, 1.165) is 6.42 Å². The third kappa shape index (κ3) is 2.72. The van der Waals surface area contributed by atoms with Crippen LogP contribution in [0.2, 0.25) is 0 Å². The van der Waals surface area contributed by atoms with Crippen LogP contribution in [-0.2, 0) is 16.0 Å². The van der Waals surface area contributed by atoms with Crippen molar-refractivity contribution in [3.8, 4) is 0 Å². The highest BCUT2D eigenvalue weighted by atomic mass is 16.5. The lowest BCUT2D eigenvalue weighted by atomic mass is 9.95. The predicted octanol–water partition coefficient (Wildman–Crippen LogP) is 2.26. The zero-order valence-electron chi connectivity index (χ0n) is 11.3. The first-order chi connectivity index (χ1) is 8.50. The Morgan fingerprint density at radius 1 is 1.39 bits per heavy atom. The van der Waals surface area contributed by atoms with Crippen LogP contribution in [0.15, 0.2) is 30.3 Å². The van der Waals surface area contributed by atoms with E-state index in [1.54, 1.807) is 6.92 Å². The van der Waals surface area contributed by atoms with E-state index in [1.165, 1.54) is 5.56 Å². The van der Waals surface area contributed by atoms with Gasteiger partial charge in [-0.15, -0.1) is 0 Å².